The Morgan fingerprint density at radius 2 is 1.71 bits per heavy atom. The van der Waals surface area contributed by atoms with E-state index in [2.05, 4.69) is 74.6 Å². The van der Waals surface area contributed by atoms with Crippen molar-refractivity contribution in [2.75, 3.05) is 13.1 Å². The number of aromatic hydroxyl groups is 1. The quantitative estimate of drug-likeness (QED) is 0.588. The first-order valence-corrected chi connectivity index (χ1v) is 12.6. The molecule has 2 aromatic heterocycles. The van der Waals surface area contributed by atoms with Gasteiger partial charge in [0, 0.05) is 41.1 Å². The normalized spacial score (nSPS) is 15.6. The molecule has 1 aromatic carbocycles. The molecule has 34 heavy (non-hydrogen) atoms. The van der Waals surface area contributed by atoms with Crippen LogP contribution in [-0.4, -0.2) is 54.2 Å². The molecule has 0 unspecified atom stereocenters. The first-order chi connectivity index (χ1) is 15.9. The number of phenols is 1. The monoisotopic (exact) mass is 482 g/mol. The SMILES string of the molecule is CC(C)(C)c1cc(-c2csc(C3CCN(C(=O)Cn4cnnn4)CC3)n2)cc(C(C)(C)C)c1O. The molecule has 3 heterocycles. The van der Waals surface area contributed by atoms with Crippen molar-refractivity contribution >= 4 is 17.2 Å². The second-order valence-electron chi connectivity index (χ2n) is 11.2. The molecule has 1 aliphatic rings. The lowest BCUT2D eigenvalue weighted by Crippen LogP contribution is -2.39. The van der Waals surface area contributed by atoms with Gasteiger partial charge in [-0.05, 0) is 46.2 Å². The number of likely N-dealkylation sites (tertiary alicyclic amines) is 1. The Kier molecular flexibility index (Phi) is 6.50. The number of hydrogen-bond donors (Lipinski definition) is 1. The lowest BCUT2D eigenvalue weighted by molar-refractivity contribution is -0.133. The number of carbonyl (C=O) groups excluding carboxylic acids is 1. The van der Waals surface area contributed by atoms with Gasteiger partial charge in [0.05, 0.1) is 10.7 Å². The number of hydrogen-bond acceptors (Lipinski definition) is 7. The summed E-state index contributed by atoms with van der Waals surface area (Å²) < 4.78 is 1.46. The highest BCUT2D eigenvalue weighted by Crippen LogP contribution is 2.42. The summed E-state index contributed by atoms with van der Waals surface area (Å²) in [4.78, 5) is 19.4. The fourth-order valence-electron chi connectivity index (χ4n) is 4.40. The lowest BCUT2D eigenvalue weighted by atomic mass is 9.78. The summed E-state index contributed by atoms with van der Waals surface area (Å²) in [5, 5.41) is 25.2. The number of nitrogens with zero attached hydrogens (tertiary/aromatic N) is 6. The van der Waals surface area contributed by atoms with Crippen molar-refractivity contribution in [3.8, 4) is 17.0 Å². The summed E-state index contributed by atoms with van der Waals surface area (Å²) in [5.74, 6) is 0.772. The molecule has 8 nitrogen and oxygen atoms in total. The van der Waals surface area contributed by atoms with E-state index in [1.165, 1.54) is 11.0 Å². The average Bonchev–Trinajstić information content (AvgIpc) is 3.44. The lowest BCUT2D eigenvalue weighted by Gasteiger charge is -2.31. The van der Waals surface area contributed by atoms with Gasteiger partial charge in [-0.15, -0.1) is 16.4 Å². The van der Waals surface area contributed by atoms with E-state index < -0.39 is 0 Å². The highest BCUT2D eigenvalue weighted by molar-refractivity contribution is 7.10. The summed E-state index contributed by atoms with van der Waals surface area (Å²) in [5.41, 5.74) is 3.52. The number of piperidine rings is 1. The molecule has 0 bridgehead atoms. The van der Waals surface area contributed by atoms with Gasteiger partial charge < -0.3 is 10.0 Å². The molecule has 1 fully saturated rings. The Hall–Kier alpha value is -2.81. The molecule has 0 aliphatic carbocycles. The van der Waals surface area contributed by atoms with E-state index in [-0.39, 0.29) is 23.3 Å². The topological polar surface area (TPSA) is 97.0 Å². The molecule has 182 valence electrons. The first-order valence-electron chi connectivity index (χ1n) is 11.8. The zero-order chi connectivity index (χ0) is 24.7. The number of carbonyl (C=O) groups is 1. The second kappa shape index (κ2) is 9.09. The van der Waals surface area contributed by atoms with Crippen LogP contribution >= 0.6 is 11.3 Å². The molecule has 1 saturated heterocycles. The smallest absolute Gasteiger partial charge is 0.244 e. The minimum atomic E-state index is -0.180. The summed E-state index contributed by atoms with van der Waals surface area (Å²) in [6.45, 7) is 14.3. The highest BCUT2D eigenvalue weighted by atomic mass is 32.1. The molecule has 0 radical (unpaired) electrons. The van der Waals surface area contributed by atoms with Crippen molar-refractivity contribution in [3.63, 3.8) is 0 Å². The number of rotatable bonds is 4. The van der Waals surface area contributed by atoms with Gasteiger partial charge >= 0.3 is 0 Å². The van der Waals surface area contributed by atoms with Gasteiger partial charge in [0.2, 0.25) is 5.91 Å². The van der Waals surface area contributed by atoms with Gasteiger partial charge in [-0.3, -0.25) is 4.79 Å². The van der Waals surface area contributed by atoms with Crippen molar-refractivity contribution in [2.45, 2.75) is 77.7 Å². The van der Waals surface area contributed by atoms with E-state index in [1.807, 2.05) is 4.90 Å². The molecule has 0 saturated carbocycles. The summed E-state index contributed by atoms with van der Waals surface area (Å²) in [6.07, 6.45) is 3.25. The van der Waals surface area contributed by atoms with E-state index in [0.717, 1.165) is 40.2 Å². The second-order valence-corrected chi connectivity index (χ2v) is 12.0. The minimum Gasteiger partial charge on any atom is -0.507 e. The number of phenolic OH excluding ortho intramolecular Hbond substituents is 1. The van der Waals surface area contributed by atoms with Crippen molar-refractivity contribution in [3.05, 3.63) is 40.0 Å². The Morgan fingerprint density at radius 1 is 1.09 bits per heavy atom. The van der Waals surface area contributed by atoms with Crippen LogP contribution in [0.25, 0.3) is 11.3 Å². The number of tetrazole rings is 1. The summed E-state index contributed by atoms with van der Waals surface area (Å²) in [6, 6.07) is 4.17. The van der Waals surface area contributed by atoms with Crippen molar-refractivity contribution in [2.24, 2.45) is 0 Å². The average molecular weight is 483 g/mol. The van der Waals surface area contributed by atoms with E-state index in [1.54, 1.807) is 11.3 Å². The number of aromatic nitrogens is 5. The minimum absolute atomic E-state index is 0.0408. The van der Waals surface area contributed by atoms with Gasteiger partial charge in [0.25, 0.3) is 0 Å². The van der Waals surface area contributed by atoms with E-state index >= 15 is 0 Å². The third-order valence-corrected chi connectivity index (χ3v) is 7.44. The third kappa shape index (κ3) is 5.14. The molecular weight excluding hydrogens is 448 g/mol. The largest absolute Gasteiger partial charge is 0.507 e. The maximum absolute atomic E-state index is 12.5. The van der Waals surface area contributed by atoms with Gasteiger partial charge in [-0.25, -0.2) is 9.67 Å². The molecular formula is C25H34N6O2S. The van der Waals surface area contributed by atoms with Crippen LogP contribution in [0.5, 0.6) is 5.75 Å². The van der Waals surface area contributed by atoms with Crippen LogP contribution in [0.4, 0.5) is 0 Å². The van der Waals surface area contributed by atoms with Gasteiger partial charge in [-0.1, -0.05) is 41.5 Å². The number of thiazole rings is 1. The van der Waals surface area contributed by atoms with Gasteiger partial charge in [0.15, 0.2) is 0 Å². The Morgan fingerprint density at radius 3 is 2.24 bits per heavy atom. The molecule has 9 heteroatoms. The van der Waals surface area contributed by atoms with Crippen LogP contribution in [0.3, 0.4) is 0 Å². The fourth-order valence-corrected chi connectivity index (χ4v) is 5.40. The van der Waals surface area contributed by atoms with Crippen molar-refractivity contribution < 1.29 is 9.90 Å². The van der Waals surface area contributed by atoms with Gasteiger partial charge in [0.1, 0.15) is 18.6 Å². The third-order valence-electron chi connectivity index (χ3n) is 6.43. The zero-order valence-electron chi connectivity index (χ0n) is 20.9. The standard InChI is InChI=1S/C25H34N6O2S/c1-24(2,3)18-11-17(12-19(22(18)33)25(4,5)6)20-14-34-23(27-20)16-7-9-30(10-8-16)21(32)13-31-15-26-28-29-31/h11-12,14-16,33H,7-10,13H2,1-6H3. The van der Waals surface area contributed by atoms with Crippen LogP contribution in [0.2, 0.25) is 0 Å². The van der Waals surface area contributed by atoms with Crippen LogP contribution < -0.4 is 0 Å². The van der Waals surface area contributed by atoms with Crippen LogP contribution in [-0.2, 0) is 22.2 Å². The predicted octanol–water partition coefficient (Wildman–Crippen LogP) is 4.50. The van der Waals surface area contributed by atoms with E-state index in [9.17, 15) is 9.90 Å². The van der Waals surface area contributed by atoms with Crippen molar-refractivity contribution in [1.82, 2.24) is 30.1 Å². The van der Waals surface area contributed by atoms with Crippen molar-refractivity contribution in [1.29, 1.82) is 0 Å². The zero-order valence-corrected chi connectivity index (χ0v) is 21.7. The Bertz CT molecular complexity index is 1110. The molecule has 1 aliphatic heterocycles. The first kappa shape index (κ1) is 24.3. The van der Waals surface area contributed by atoms with E-state index in [4.69, 9.17) is 4.98 Å². The molecule has 1 amide bonds. The van der Waals surface area contributed by atoms with Crippen LogP contribution in [0.1, 0.15) is 76.4 Å². The fraction of sp³-hybridized carbons (Fsp3) is 0.560. The molecule has 4 rings (SSSR count). The van der Waals surface area contributed by atoms with Gasteiger partial charge in [-0.2, -0.15) is 0 Å². The molecule has 3 aromatic rings. The van der Waals surface area contributed by atoms with Crippen LogP contribution in [0.15, 0.2) is 23.8 Å². The predicted molar refractivity (Wildman–Crippen MR) is 133 cm³/mol. The molecule has 1 N–H and O–H groups in total. The molecule has 0 spiro atoms. The van der Waals surface area contributed by atoms with Crippen LogP contribution in [0, 0.1) is 0 Å². The Balaban J connectivity index is 1.51. The summed E-state index contributed by atoms with van der Waals surface area (Å²) in [7, 11) is 0. The molecule has 0 atom stereocenters. The maximum Gasteiger partial charge on any atom is 0.244 e. The number of amides is 1. The maximum atomic E-state index is 12.5. The van der Waals surface area contributed by atoms with E-state index in [0.29, 0.717) is 24.8 Å². The highest BCUT2D eigenvalue weighted by Gasteiger charge is 2.29. The summed E-state index contributed by atoms with van der Waals surface area (Å²) >= 11 is 1.69. The number of benzene rings is 1. The Labute approximate surface area is 205 Å².